The number of carbonyl (C=O) groups excluding carboxylic acids is 1. The molecular formula is C30H34N2O10. The first-order valence-electron chi connectivity index (χ1n) is 13.4. The quantitative estimate of drug-likeness (QED) is 0.0889. The summed E-state index contributed by atoms with van der Waals surface area (Å²) < 4.78 is 7.55. The van der Waals surface area contributed by atoms with E-state index in [0.29, 0.717) is 29.5 Å². The summed E-state index contributed by atoms with van der Waals surface area (Å²) in [4.78, 5) is 12.9. The van der Waals surface area contributed by atoms with Crippen molar-refractivity contribution >= 4 is 5.97 Å². The molecule has 4 aromatic rings. The SMILES string of the molecule is CCOC(=O)C(CCCCn1c(O)cc(Cc2ccc(O)cc2O)c1O)n1c(O)cc(Cc2ccc(O)cc2O)c1O. The lowest BCUT2D eigenvalue weighted by Crippen LogP contribution is -2.22. The highest BCUT2D eigenvalue weighted by molar-refractivity contribution is 5.75. The fraction of sp³-hybridized carbons (Fsp3) is 0.300. The van der Waals surface area contributed by atoms with Gasteiger partial charge in [-0.2, -0.15) is 0 Å². The number of unbranched alkanes of at least 4 members (excludes halogenated alkanes) is 1. The third-order valence-corrected chi connectivity index (χ3v) is 7.07. The highest BCUT2D eigenvalue weighted by atomic mass is 16.5. The van der Waals surface area contributed by atoms with Gasteiger partial charge in [-0.05, 0) is 49.4 Å². The second-order valence-corrected chi connectivity index (χ2v) is 9.97. The molecule has 1 unspecified atom stereocenters. The summed E-state index contributed by atoms with van der Waals surface area (Å²) in [7, 11) is 0. The molecule has 0 saturated carbocycles. The number of phenolic OH excluding ortho intramolecular Hbond substituents is 4. The van der Waals surface area contributed by atoms with Crippen LogP contribution in [0.3, 0.4) is 0 Å². The van der Waals surface area contributed by atoms with Crippen molar-refractivity contribution in [2.24, 2.45) is 0 Å². The van der Waals surface area contributed by atoms with Crippen LogP contribution in [0.4, 0.5) is 0 Å². The van der Waals surface area contributed by atoms with Crippen LogP contribution in [0.1, 0.15) is 54.5 Å². The molecule has 0 aliphatic rings. The maximum Gasteiger partial charge on any atom is 0.329 e. The number of carbonyl (C=O) groups is 1. The van der Waals surface area contributed by atoms with Crippen LogP contribution in [0.25, 0.3) is 0 Å². The average molecular weight is 583 g/mol. The molecule has 0 fully saturated rings. The molecule has 0 amide bonds. The molecule has 0 spiro atoms. The van der Waals surface area contributed by atoms with Crippen molar-refractivity contribution in [1.82, 2.24) is 9.13 Å². The summed E-state index contributed by atoms with van der Waals surface area (Å²) in [6.45, 7) is 1.90. The van der Waals surface area contributed by atoms with Crippen LogP contribution < -0.4 is 0 Å². The molecule has 4 rings (SSSR count). The molecule has 8 N–H and O–H groups in total. The number of phenols is 4. The normalized spacial score (nSPS) is 11.9. The van der Waals surface area contributed by atoms with Crippen molar-refractivity contribution in [2.45, 2.75) is 51.6 Å². The van der Waals surface area contributed by atoms with E-state index in [0.717, 1.165) is 10.6 Å². The van der Waals surface area contributed by atoms with E-state index < -0.39 is 12.0 Å². The number of nitrogens with zero attached hydrogens (tertiary/aromatic N) is 2. The monoisotopic (exact) mass is 582 g/mol. The summed E-state index contributed by atoms with van der Waals surface area (Å²) >= 11 is 0. The Morgan fingerprint density at radius 1 is 0.714 bits per heavy atom. The van der Waals surface area contributed by atoms with Gasteiger partial charge in [0.05, 0.1) is 6.61 Å². The van der Waals surface area contributed by atoms with Crippen molar-refractivity contribution in [1.29, 1.82) is 0 Å². The summed E-state index contributed by atoms with van der Waals surface area (Å²) in [6, 6.07) is 9.71. The van der Waals surface area contributed by atoms with Crippen molar-refractivity contribution in [3.63, 3.8) is 0 Å². The molecule has 1 atom stereocenters. The minimum atomic E-state index is -1.08. The number of aromatic nitrogens is 2. The van der Waals surface area contributed by atoms with Gasteiger partial charge in [-0.3, -0.25) is 9.13 Å². The highest BCUT2D eigenvalue weighted by Crippen LogP contribution is 2.38. The Balaban J connectivity index is 1.46. The predicted octanol–water partition coefficient (Wildman–Crippen LogP) is 4.09. The van der Waals surface area contributed by atoms with E-state index in [-0.39, 0.29) is 84.5 Å². The first kappa shape index (κ1) is 29.8. The lowest BCUT2D eigenvalue weighted by Gasteiger charge is -2.19. The van der Waals surface area contributed by atoms with Crippen LogP contribution in [0, 0.1) is 0 Å². The second-order valence-electron chi connectivity index (χ2n) is 9.97. The zero-order valence-corrected chi connectivity index (χ0v) is 22.9. The van der Waals surface area contributed by atoms with Gasteiger partial charge in [-0.25, -0.2) is 4.79 Å². The van der Waals surface area contributed by atoms with Crippen molar-refractivity contribution in [3.05, 3.63) is 70.8 Å². The number of benzene rings is 2. The van der Waals surface area contributed by atoms with Crippen molar-refractivity contribution in [2.75, 3.05) is 6.61 Å². The highest BCUT2D eigenvalue weighted by Gasteiger charge is 2.28. The van der Waals surface area contributed by atoms with Gasteiger partial charge >= 0.3 is 5.97 Å². The molecule has 0 aliphatic heterocycles. The van der Waals surface area contributed by atoms with Gasteiger partial charge in [0.1, 0.15) is 29.0 Å². The Labute approximate surface area is 241 Å². The smallest absolute Gasteiger partial charge is 0.329 e. The number of ether oxygens (including phenoxy) is 1. The van der Waals surface area contributed by atoms with E-state index in [4.69, 9.17) is 4.74 Å². The minimum absolute atomic E-state index is 0.0183. The number of hydrogen-bond donors (Lipinski definition) is 8. The molecule has 0 radical (unpaired) electrons. The predicted molar refractivity (Wildman–Crippen MR) is 150 cm³/mol. The number of aromatic hydroxyl groups is 8. The van der Waals surface area contributed by atoms with Crippen LogP contribution in [0.5, 0.6) is 46.5 Å². The zero-order valence-electron chi connectivity index (χ0n) is 22.9. The largest absolute Gasteiger partial charge is 0.508 e. The molecule has 2 heterocycles. The molecule has 0 aliphatic carbocycles. The van der Waals surface area contributed by atoms with Gasteiger partial charge in [0.2, 0.25) is 0 Å². The molecule has 0 bridgehead atoms. The van der Waals surface area contributed by atoms with E-state index in [1.54, 1.807) is 6.92 Å². The third-order valence-electron chi connectivity index (χ3n) is 7.07. The minimum Gasteiger partial charge on any atom is -0.508 e. The van der Waals surface area contributed by atoms with Crippen LogP contribution in [0.2, 0.25) is 0 Å². The molecule has 2 aromatic carbocycles. The standard InChI is InChI=1S/C30H34N2O10/c1-2-42-30(41)23(32-27(38)14-20(29(32)40)12-18-7-9-22(34)16-25(18)36)5-3-4-10-31-26(37)13-19(28(31)39)11-17-6-8-21(33)15-24(17)35/h6-9,13-16,23,33-40H,2-5,10-12H2,1H3. The van der Waals surface area contributed by atoms with Gasteiger partial charge in [-0.15, -0.1) is 0 Å². The molecule has 0 saturated heterocycles. The maximum atomic E-state index is 12.9. The third kappa shape index (κ3) is 6.43. The van der Waals surface area contributed by atoms with E-state index in [9.17, 15) is 45.6 Å². The van der Waals surface area contributed by atoms with Crippen LogP contribution in [0.15, 0.2) is 48.5 Å². The van der Waals surface area contributed by atoms with E-state index in [2.05, 4.69) is 0 Å². The average Bonchev–Trinajstić information content (AvgIpc) is 3.35. The number of esters is 1. The van der Waals surface area contributed by atoms with E-state index >= 15 is 0 Å². The van der Waals surface area contributed by atoms with Crippen LogP contribution in [-0.2, 0) is 28.9 Å². The molecule has 12 heteroatoms. The van der Waals surface area contributed by atoms with Crippen LogP contribution in [-0.4, -0.2) is 62.6 Å². The van der Waals surface area contributed by atoms with Gasteiger partial charge in [0, 0.05) is 54.8 Å². The van der Waals surface area contributed by atoms with Gasteiger partial charge in [-0.1, -0.05) is 12.1 Å². The Morgan fingerprint density at radius 2 is 1.26 bits per heavy atom. The maximum absolute atomic E-state index is 12.9. The lowest BCUT2D eigenvalue weighted by molar-refractivity contribution is -0.147. The van der Waals surface area contributed by atoms with Crippen molar-refractivity contribution in [3.8, 4) is 46.5 Å². The van der Waals surface area contributed by atoms with Crippen molar-refractivity contribution < 1.29 is 50.4 Å². The molecule has 42 heavy (non-hydrogen) atoms. The Morgan fingerprint density at radius 3 is 1.81 bits per heavy atom. The van der Waals surface area contributed by atoms with Gasteiger partial charge < -0.3 is 45.6 Å². The molecule has 12 nitrogen and oxygen atoms in total. The fourth-order valence-corrected chi connectivity index (χ4v) is 4.93. The summed E-state index contributed by atoms with van der Waals surface area (Å²) in [6.07, 6.45) is 1.05. The number of hydrogen-bond acceptors (Lipinski definition) is 10. The zero-order chi connectivity index (χ0) is 30.6. The van der Waals surface area contributed by atoms with E-state index in [1.165, 1.54) is 47.0 Å². The van der Waals surface area contributed by atoms with Crippen LogP contribution >= 0.6 is 0 Å². The first-order chi connectivity index (χ1) is 20.0. The Hall–Kier alpha value is -5.13. The fourth-order valence-electron chi connectivity index (χ4n) is 4.93. The topological polar surface area (TPSA) is 198 Å². The summed E-state index contributed by atoms with van der Waals surface area (Å²) in [5.41, 5.74) is 1.45. The Kier molecular flexibility index (Phi) is 8.94. The molecular weight excluding hydrogens is 548 g/mol. The lowest BCUT2D eigenvalue weighted by atomic mass is 10.1. The first-order valence-corrected chi connectivity index (χ1v) is 13.4. The van der Waals surface area contributed by atoms with Gasteiger partial charge in [0.15, 0.2) is 23.5 Å². The second kappa shape index (κ2) is 12.6. The van der Waals surface area contributed by atoms with E-state index in [1.807, 2.05) is 0 Å². The molecule has 224 valence electrons. The Bertz CT molecular complexity index is 1570. The summed E-state index contributed by atoms with van der Waals surface area (Å²) in [5, 5.41) is 81.9. The summed E-state index contributed by atoms with van der Waals surface area (Å²) in [5.74, 6) is -2.36. The van der Waals surface area contributed by atoms with Gasteiger partial charge in [0.25, 0.3) is 0 Å². The number of rotatable bonds is 12. The molecule has 2 aromatic heterocycles.